The third-order valence-electron chi connectivity index (χ3n) is 4.23. The van der Waals surface area contributed by atoms with Gasteiger partial charge in [-0.2, -0.15) is 0 Å². The summed E-state index contributed by atoms with van der Waals surface area (Å²) >= 11 is 0. The first kappa shape index (κ1) is 18.5. The second kappa shape index (κ2) is 9.43. The molecule has 0 aliphatic carbocycles. The minimum atomic E-state index is -0.152. The number of nitrogens with one attached hydrogen (secondary N) is 1. The lowest BCUT2D eigenvalue weighted by Gasteiger charge is -2.12. The van der Waals surface area contributed by atoms with Crippen LogP contribution in [0.25, 0.3) is 0 Å². The predicted octanol–water partition coefficient (Wildman–Crippen LogP) is 4.25. The molecule has 0 heterocycles. The Kier molecular flexibility index (Phi) is 6.47. The summed E-state index contributed by atoms with van der Waals surface area (Å²) in [4.78, 5) is 12.6. The van der Waals surface area contributed by atoms with Gasteiger partial charge in [0, 0.05) is 13.0 Å². The van der Waals surface area contributed by atoms with E-state index in [0.29, 0.717) is 24.5 Å². The Balaban J connectivity index is 1.57. The van der Waals surface area contributed by atoms with Crippen molar-refractivity contribution in [2.24, 2.45) is 0 Å². The van der Waals surface area contributed by atoms with E-state index in [-0.39, 0.29) is 5.91 Å². The topological polar surface area (TPSA) is 47.6 Å². The smallest absolute Gasteiger partial charge is 0.255 e. The number of hydrogen-bond acceptors (Lipinski definition) is 3. The van der Waals surface area contributed by atoms with Crippen molar-refractivity contribution in [1.82, 2.24) is 5.32 Å². The molecule has 3 rings (SSSR count). The fourth-order valence-electron chi connectivity index (χ4n) is 2.72. The zero-order valence-electron chi connectivity index (χ0n) is 15.4. The van der Waals surface area contributed by atoms with Crippen LogP contribution in [0.5, 0.6) is 11.5 Å². The number of para-hydroxylation sites is 1. The largest absolute Gasteiger partial charge is 0.497 e. The fraction of sp³-hybridized carbons (Fsp3) is 0.174. The van der Waals surface area contributed by atoms with Crippen LogP contribution in [0.15, 0.2) is 78.9 Å². The molecule has 3 aromatic rings. The number of carbonyl (C=O) groups excluding carboxylic acids is 1. The molecular weight excluding hydrogens is 338 g/mol. The number of hydrogen-bond donors (Lipinski definition) is 1. The summed E-state index contributed by atoms with van der Waals surface area (Å²) in [6.07, 6.45) is 0.794. The van der Waals surface area contributed by atoms with Gasteiger partial charge in [0.25, 0.3) is 5.91 Å². The van der Waals surface area contributed by atoms with Gasteiger partial charge in [0.1, 0.15) is 11.5 Å². The first-order chi connectivity index (χ1) is 13.3. The fourth-order valence-corrected chi connectivity index (χ4v) is 2.72. The van der Waals surface area contributed by atoms with Crippen molar-refractivity contribution >= 4 is 5.91 Å². The summed E-state index contributed by atoms with van der Waals surface area (Å²) in [5, 5.41) is 2.94. The van der Waals surface area contributed by atoms with Crippen LogP contribution >= 0.6 is 0 Å². The quantitative estimate of drug-likeness (QED) is 0.653. The normalized spacial score (nSPS) is 10.3. The molecule has 0 aliphatic heterocycles. The molecule has 27 heavy (non-hydrogen) atoms. The van der Waals surface area contributed by atoms with E-state index in [4.69, 9.17) is 9.47 Å². The molecule has 1 N–H and O–H groups in total. The molecule has 0 radical (unpaired) electrons. The van der Waals surface area contributed by atoms with E-state index < -0.39 is 0 Å². The number of methoxy groups -OCH3 is 1. The molecule has 0 fully saturated rings. The van der Waals surface area contributed by atoms with Gasteiger partial charge in [0.15, 0.2) is 0 Å². The van der Waals surface area contributed by atoms with Gasteiger partial charge in [-0.3, -0.25) is 4.79 Å². The number of carbonyl (C=O) groups is 1. The second-order valence-corrected chi connectivity index (χ2v) is 6.11. The number of rotatable bonds is 8. The lowest BCUT2D eigenvalue weighted by Crippen LogP contribution is -2.23. The summed E-state index contributed by atoms with van der Waals surface area (Å²) in [6.45, 7) is 0.966. The van der Waals surface area contributed by atoms with Crippen molar-refractivity contribution < 1.29 is 14.3 Å². The van der Waals surface area contributed by atoms with Crippen LogP contribution in [0.4, 0.5) is 0 Å². The highest BCUT2D eigenvalue weighted by atomic mass is 16.5. The van der Waals surface area contributed by atoms with E-state index in [2.05, 4.69) is 17.4 Å². The molecule has 4 nitrogen and oxygen atoms in total. The van der Waals surface area contributed by atoms with Crippen LogP contribution in [0.2, 0.25) is 0 Å². The molecule has 0 aliphatic rings. The van der Waals surface area contributed by atoms with Gasteiger partial charge in [-0.05, 0) is 35.4 Å². The van der Waals surface area contributed by atoms with Gasteiger partial charge in [-0.25, -0.2) is 0 Å². The summed E-state index contributed by atoms with van der Waals surface area (Å²) in [5.41, 5.74) is 2.75. The van der Waals surface area contributed by atoms with Crippen molar-refractivity contribution in [2.45, 2.75) is 13.0 Å². The third-order valence-corrected chi connectivity index (χ3v) is 4.23. The molecule has 0 saturated carbocycles. The van der Waals surface area contributed by atoms with Crippen LogP contribution in [0, 0.1) is 0 Å². The summed E-state index contributed by atoms with van der Waals surface area (Å²) in [6, 6.07) is 25.1. The Morgan fingerprint density at radius 2 is 1.56 bits per heavy atom. The highest BCUT2D eigenvalue weighted by Crippen LogP contribution is 2.19. The van der Waals surface area contributed by atoms with Crippen LogP contribution in [-0.4, -0.2) is 19.6 Å². The van der Waals surface area contributed by atoms with Gasteiger partial charge >= 0.3 is 0 Å². The van der Waals surface area contributed by atoms with Gasteiger partial charge < -0.3 is 14.8 Å². The lowest BCUT2D eigenvalue weighted by molar-refractivity contribution is 0.0947. The summed E-state index contributed by atoms with van der Waals surface area (Å²) in [5.74, 6) is 1.24. The first-order valence-electron chi connectivity index (χ1n) is 8.93. The molecule has 0 atom stereocenters. The number of ether oxygens (including phenoxy) is 2. The first-order valence-corrected chi connectivity index (χ1v) is 8.93. The van der Waals surface area contributed by atoms with Crippen LogP contribution in [0.1, 0.15) is 21.5 Å². The molecule has 0 aromatic heterocycles. The van der Waals surface area contributed by atoms with Gasteiger partial charge in [-0.1, -0.05) is 54.6 Å². The van der Waals surface area contributed by atoms with E-state index in [1.807, 2.05) is 60.7 Å². The minimum absolute atomic E-state index is 0.152. The maximum absolute atomic E-state index is 12.6. The van der Waals surface area contributed by atoms with E-state index in [0.717, 1.165) is 17.7 Å². The minimum Gasteiger partial charge on any atom is -0.497 e. The molecule has 0 spiro atoms. The molecule has 0 saturated heterocycles. The Morgan fingerprint density at radius 1 is 0.852 bits per heavy atom. The van der Waals surface area contributed by atoms with Crippen molar-refractivity contribution in [3.05, 3.63) is 95.6 Å². The van der Waals surface area contributed by atoms with Gasteiger partial charge in [0.05, 0.1) is 19.3 Å². The average Bonchev–Trinajstić information content (AvgIpc) is 2.73. The van der Waals surface area contributed by atoms with E-state index in [1.165, 1.54) is 5.56 Å². The van der Waals surface area contributed by atoms with E-state index >= 15 is 0 Å². The summed E-state index contributed by atoms with van der Waals surface area (Å²) < 4.78 is 11.0. The zero-order chi connectivity index (χ0) is 18.9. The Morgan fingerprint density at radius 3 is 2.30 bits per heavy atom. The average molecular weight is 361 g/mol. The van der Waals surface area contributed by atoms with Crippen molar-refractivity contribution in [3.63, 3.8) is 0 Å². The molecular formula is C23H23NO3. The number of amides is 1. The van der Waals surface area contributed by atoms with Gasteiger partial charge in [-0.15, -0.1) is 0 Å². The monoisotopic (exact) mass is 361 g/mol. The predicted molar refractivity (Wildman–Crippen MR) is 106 cm³/mol. The standard InChI is InChI=1S/C23H23NO3/c1-26-20-13-11-19(12-14-20)17-24-23(25)21-9-5-6-10-22(21)27-16-15-18-7-3-2-4-8-18/h2-14H,15-17H2,1H3,(H,24,25). The van der Waals surface area contributed by atoms with E-state index in [1.54, 1.807) is 13.2 Å². The van der Waals surface area contributed by atoms with Crippen molar-refractivity contribution in [1.29, 1.82) is 0 Å². The zero-order valence-corrected chi connectivity index (χ0v) is 15.4. The van der Waals surface area contributed by atoms with Crippen LogP contribution in [0.3, 0.4) is 0 Å². The molecule has 1 amide bonds. The van der Waals surface area contributed by atoms with Gasteiger partial charge in [0.2, 0.25) is 0 Å². The molecule has 0 bridgehead atoms. The Labute approximate surface area is 159 Å². The van der Waals surface area contributed by atoms with Crippen LogP contribution in [-0.2, 0) is 13.0 Å². The third kappa shape index (κ3) is 5.35. The molecule has 138 valence electrons. The molecule has 3 aromatic carbocycles. The highest BCUT2D eigenvalue weighted by molar-refractivity contribution is 5.96. The SMILES string of the molecule is COc1ccc(CNC(=O)c2ccccc2OCCc2ccccc2)cc1. The maximum atomic E-state index is 12.6. The lowest BCUT2D eigenvalue weighted by atomic mass is 10.1. The second-order valence-electron chi connectivity index (χ2n) is 6.11. The Hall–Kier alpha value is -3.27. The van der Waals surface area contributed by atoms with E-state index in [9.17, 15) is 4.79 Å². The van der Waals surface area contributed by atoms with Crippen LogP contribution < -0.4 is 14.8 Å². The Bertz CT molecular complexity index is 860. The number of benzene rings is 3. The summed E-state index contributed by atoms with van der Waals surface area (Å²) in [7, 11) is 1.63. The molecule has 0 unspecified atom stereocenters. The highest BCUT2D eigenvalue weighted by Gasteiger charge is 2.12. The molecule has 4 heteroatoms. The van der Waals surface area contributed by atoms with Crippen molar-refractivity contribution in [2.75, 3.05) is 13.7 Å². The van der Waals surface area contributed by atoms with Crippen molar-refractivity contribution in [3.8, 4) is 11.5 Å². The maximum Gasteiger partial charge on any atom is 0.255 e.